The molecular formula is C35H61NO19. The van der Waals surface area contributed by atoms with Gasteiger partial charge in [-0.05, 0) is 26.2 Å². The molecule has 4 aliphatic heterocycles. The van der Waals surface area contributed by atoms with Crippen molar-refractivity contribution in [3.8, 4) is 0 Å². The summed E-state index contributed by atoms with van der Waals surface area (Å²) in [4.78, 5) is 12.5. The number of ether oxygens (including phenoxy) is 8. The van der Waals surface area contributed by atoms with Gasteiger partial charge in [0.1, 0.15) is 79.3 Å². The zero-order chi connectivity index (χ0) is 40.6. The summed E-state index contributed by atoms with van der Waals surface area (Å²) in [5.41, 5.74) is 0. The number of allylic oxidation sites excluding steroid dienone is 1. The summed E-state index contributed by atoms with van der Waals surface area (Å²) in [6.45, 7) is 5.71. The van der Waals surface area contributed by atoms with Crippen LogP contribution < -0.4 is 5.32 Å². The van der Waals surface area contributed by atoms with E-state index in [4.69, 9.17) is 37.9 Å². The molecule has 1 amide bonds. The Morgan fingerprint density at radius 3 is 1.78 bits per heavy atom. The zero-order valence-corrected chi connectivity index (χ0v) is 31.3. The van der Waals surface area contributed by atoms with Gasteiger partial charge >= 0.3 is 0 Å². The van der Waals surface area contributed by atoms with E-state index in [2.05, 4.69) is 11.9 Å². The van der Waals surface area contributed by atoms with Gasteiger partial charge in [-0.25, -0.2) is 0 Å². The molecule has 0 aromatic carbocycles. The standard InChI is InChI=1S/C35H61NO19/c1-5-6-7-8-9-10-11-48-33-21(36-17(4)40)29(25(44)19(13-38)51-33)53-35-31(55-34-28(47)27(46)23(42)16(3)49-34)30(26(45)20(14-39)52-35)54-32-15(2)22(41)24(43)18(12-37)50-32/h5,15-16,18-35,37-39,41-47H,1,6-14H2,2-4H3,(H,36,40)/t15?,16?,18?,19?,20?,21?,22-,23+,24+,25+,26+,27-,28?,29-,30+,31?,32+,33-,34+,35+/m1/s1. The third-order valence-electron chi connectivity index (χ3n) is 10.5. The lowest BCUT2D eigenvalue weighted by Gasteiger charge is -2.51. The largest absolute Gasteiger partial charge is 0.394 e. The van der Waals surface area contributed by atoms with Crippen LogP contribution in [0.2, 0.25) is 0 Å². The molecule has 0 aromatic heterocycles. The first-order valence-electron chi connectivity index (χ1n) is 18.9. The highest BCUT2D eigenvalue weighted by Crippen LogP contribution is 2.37. The molecule has 4 fully saturated rings. The molecule has 20 heteroatoms. The van der Waals surface area contributed by atoms with E-state index in [0.717, 1.165) is 25.7 Å². The Kier molecular flexibility index (Phi) is 18.0. The van der Waals surface area contributed by atoms with Crippen molar-refractivity contribution in [3.05, 3.63) is 12.7 Å². The van der Waals surface area contributed by atoms with Crippen molar-refractivity contribution in [1.29, 1.82) is 0 Å². The van der Waals surface area contributed by atoms with E-state index in [1.54, 1.807) is 0 Å². The number of hydrogen-bond acceptors (Lipinski definition) is 19. The van der Waals surface area contributed by atoms with Gasteiger partial charge in [-0.1, -0.05) is 25.8 Å². The van der Waals surface area contributed by atoms with Crippen LogP contribution in [0, 0.1) is 5.92 Å². The minimum atomic E-state index is -1.88. The van der Waals surface area contributed by atoms with Gasteiger partial charge in [0.2, 0.25) is 5.91 Å². The molecule has 0 bridgehead atoms. The highest BCUT2D eigenvalue weighted by molar-refractivity contribution is 5.73. The Morgan fingerprint density at radius 2 is 1.16 bits per heavy atom. The maximum atomic E-state index is 12.5. The average Bonchev–Trinajstić information content (AvgIpc) is 3.16. The average molecular weight is 800 g/mol. The van der Waals surface area contributed by atoms with Crippen LogP contribution >= 0.6 is 0 Å². The fraction of sp³-hybridized carbons (Fsp3) is 0.914. The molecular weight excluding hydrogens is 738 g/mol. The summed E-state index contributed by atoms with van der Waals surface area (Å²) in [7, 11) is 0. The molecule has 20 atom stereocenters. The number of carbonyl (C=O) groups is 1. The fourth-order valence-corrected chi connectivity index (χ4v) is 7.12. The number of carbonyl (C=O) groups excluding carboxylic acids is 1. The predicted molar refractivity (Wildman–Crippen MR) is 184 cm³/mol. The van der Waals surface area contributed by atoms with E-state index in [1.807, 2.05) is 6.08 Å². The molecule has 0 radical (unpaired) electrons. The monoisotopic (exact) mass is 799 g/mol. The van der Waals surface area contributed by atoms with E-state index in [9.17, 15) is 55.9 Å². The molecule has 11 N–H and O–H groups in total. The Labute approximate surface area is 319 Å². The Hall–Kier alpha value is -1.51. The smallest absolute Gasteiger partial charge is 0.217 e. The van der Waals surface area contributed by atoms with Gasteiger partial charge in [0, 0.05) is 19.4 Å². The van der Waals surface area contributed by atoms with Crippen molar-refractivity contribution in [3.63, 3.8) is 0 Å². The van der Waals surface area contributed by atoms with Gasteiger partial charge in [-0.3, -0.25) is 4.79 Å². The summed E-state index contributed by atoms with van der Waals surface area (Å²) in [6, 6.07) is -1.25. The van der Waals surface area contributed by atoms with Crippen LogP contribution in [-0.2, 0) is 42.7 Å². The Bertz CT molecular complexity index is 1170. The minimum Gasteiger partial charge on any atom is -0.394 e. The number of aliphatic hydroxyl groups excluding tert-OH is 10. The van der Waals surface area contributed by atoms with Gasteiger partial charge in [0.15, 0.2) is 25.2 Å². The third kappa shape index (κ3) is 11.2. The summed E-state index contributed by atoms with van der Waals surface area (Å²) in [6.07, 6.45) is -21.9. The van der Waals surface area contributed by atoms with Crippen LogP contribution in [0.4, 0.5) is 0 Å². The highest BCUT2D eigenvalue weighted by atomic mass is 16.8. The van der Waals surface area contributed by atoms with Gasteiger partial charge in [-0.2, -0.15) is 0 Å². The summed E-state index contributed by atoms with van der Waals surface area (Å²) >= 11 is 0. The van der Waals surface area contributed by atoms with E-state index < -0.39 is 148 Å². The van der Waals surface area contributed by atoms with Crippen LogP contribution in [0.5, 0.6) is 0 Å². The van der Waals surface area contributed by atoms with Crippen molar-refractivity contribution < 1.29 is 93.8 Å². The van der Waals surface area contributed by atoms with Gasteiger partial charge < -0.3 is 94.3 Å². The molecule has 0 aromatic rings. The summed E-state index contributed by atoms with van der Waals surface area (Å²) in [5.74, 6) is -1.55. The number of aliphatic hydroxyl groups is 10. The van der Waals surface area contributed by atoms with Crippen molar-refractivity contribution in [2.75, 3.05) is 26.4 Å². The molecule has 4 rings (SSSR count). The second-order valence-corrected chi connectivity index (χ2v) is 14.6. The lowest BCUT2D eigenvalue weighted by Crippen LogP contribution is -2.69. The molecule has 20 nitrogen and oxygen atoms in total. The Morgan fingerprint density at radius 1 is 0.618 bits per heavy atom. The molecule has 55 heavy (non-hydrogen) atoms. The number of nitrogens with one attached hydrogen (secondary N) is 1. The van der Waals surface area contributed by atoms with Gasteiger partial charge in [-0.15, -0.1) is 6.58 Å². The highest BCUT2D eigenvalue weighted by Gasteiger charge is 2.56. The van der Waals surface area contributed by atoms with Gasteiger partial charge in [0.05, 0.1) is 32.0 Å². The number of amides is 1. The quantitative estimate of drug-likeness (QED) is 0.0463. The number of rotatable bonds is 18. The first-order valence-corrected chi connectivity index (χ1v) is 18.9. The van der Waals surface area contributed by atoms with Crippen LogP contribution in [0.1, 0.15) is 52.9 Å². The van der Waals surface area contributed by atoms with Crippen LogP contribution in [0.25, 0.3) is 0 Å². The number of hydrogen-bond donors (Lipinski definition) is 11. The molecule has 0 spiro atoms. The van der Waals surface area contributed by atoms with E-state index in [1.165, 1.54) is 20.8 Å². The third-order valence-corrected chi connectivity index (χ3v) is 10.5. The van der Waals surface area contributed by atoms with Crippen LogP contribution in [0.3, 0.4) is 0 Å². The van der Waals surface area contributed by atoms with E-state index in [-0.39, 0.29) is 6.61 Å². The molecule has 0 saturated carbocycles. The normalized spacial score (nSPS) is 45.3. The van der Waals surface area contributed by atoms with E-state index in [0.29, 0.717) is 6.42 Å². The molecule has 4 saturated heterocycles. The summed E-state index contributed by atoms with van der Waals surface area (Å²) < 4.78 is 47.9. The van der Waals surface area contributed by atoms with Gasteiger partial charge in [0.25, 0.3) is 0 Å². The lowest BCUT2D eigenvalue weighted by molar-refractivity contribution is -0.399. The Balaban J connectivity index is 1.69. The molecule has 0 aliphatic carbocycles. The lowest BCUT2D eigenvalue weighted by atomic mass is 9.91. The predicted octanol–water partition coefficient (Wildman–Crippen LogP) is -4.14. The summed E-state index contributed by atoms with van der Waals surface area (Å²) in [5, 5.41) is 109. The molecule has 4 aliphatic rings. The van der Waals surface area contributed by atoms with Crippen molar-refractivity contribution in [2.45, 2.75) is 170 Å². The SMILES string of the molecule is C=CCCCCCCO[C@@H]1OC(CO)[C@H](O)[C@H](O[C@@H]2OC(CO)[C@H](O)[C@H](O[C@@H]3OC(CO)[C@H](O)[C@H](O)C3C)C2O[C@@H]2OC(C)[C@H](O)[C@@H](O)C2O)C1NC(C)=O. The molecule has 8 unspecified atom stereocenters. The van der Waals surface area contributed by atoms with Crippen molar-refractivity contribution >= 4 is 5.91 Å². The minimum absolute atomic E-state index is 0.175. The second kappa shape index (κ2) is 21.5. The maximum absolute atomic E-state index is 12.5. The zero-order valence-electron chi connectivity index (χ0n) is 31.3. The van der Waals surface area contributed by atoms with E-state index >= 15 is 0 Å². The topological polar surface area (TPSA) is 305 Å². The number of unbranched alkanes of at least 4 members (excludes halogenated alkanes) is 4. The van der Waals surface area contributed by atoms with Crippen LogP contribution in [0.15, 0.2) is 12.7 Å². The molecule has 320 valence electrons. The first-order chi connectivity index (χ1) is 26.2. The van der Waals surface area contributed by atoms with Crippen molar-refractivity contribution in [1.82, 2.24) is 5.32 Å². The first kappa shape index (κ1) is 46.2. The molecule has 4 heterocycles. The van der Waals surface area contributed by atoms with Crippen LogP contribution in [-0.4, -0.2) is 200 Å². The fourth-order valence-electron chi connectivity index (χ4n) is 7.12. The van der Waals surface area contributed by atoms with Crippen molar-refractivity contribution in [2.24, 2.45) is 5.92 Å². The maximum Gasteiger partial charge on any atom is 0.217 e. The second-order valence-electron chi connectivity index (χ2n) is 14.6.